The second-order valence-corrected chi connectivity index (χ2v) is 5.89. The minimum absolute atomic E-state index is 0.728. The van der Waals surface area contributed by atoms with E-state index in [-0.39, 0.29) is 0 Å². The van der Waals surface area contributed by atoms with Crippen molar-refractivity contribution in [2.75, 3.05) is 52.6 Å². The molecule has 0 amide bonds. The van der Waals surface area contributed by atoms with Gasteiger partial charge in [0.2, 0.25) is 0 Å². The Morgan fingerprint density at radius 2 is 1.95 bits per heavy atom. The van der Waals surface area contributed by atoms with Crippen molar-refractivity contribution in [3.63, 3.8) is 0 Å². The molecule has 1 saturated heterocycles. The minimum atomic E-state index is 0.728. The maximum Gasteiger partial charge on any atom is 0.144 e. The molecule has 118 valence electrons. The molecule has 1 aromatic heterocycles. The summed E-state index contributed by atoms with van der Waals surface area (Å²) in [4.78, 5) is 13.7. The summed E-state index contributed by atoms with van der Waals surface area (Å²) in [5.41, 5.74) is 1.05. The highest BCUT2D eigenvalue weighted by Crippen LogP contribution is 2.15. The molecule has 1 fully saturated rings. The fraction of sp³-hybridized carbons (Fsp3) is 0.733. The maximum atomic E-state index is 4.51. The van der Waals surface area contributed by atoms with E-state index in [1.54, 1.807) is 0 Å². The van der Waals surface area contributed by atoms with Gasteiger partial charge in [-0.15, -0.1) is 0 Å². The number of anilines is 1. The molecule has 1 aliphatic rings. The van der Waals surface area contributed by atoms with Gasteiger partial charge in [-0.05, 0) is 34.0 Å². The van der Waals surface area contributed by atoms with E-state index in [2.05, 4.69) is 44.5 Å². The third-order valence-corrected chi connectivity index (χ3v) is 4.06. The van der Waals surface area contributed by atoms with Gasteiger partial charge in [-0.3, -0.25) is 9.88 Å². The van der Waals surface area contributed by atoms with E-state index in [1.807, 2.05) is 19.4 Å². The zero-order valence-electron chi connectivity index (χ0n) is 13.5. The Kier molecular flexibility index (Phi) is 6.35. The van der Waals surface area contributed by atoms with E-state index in [1.165, 1.54) is 12.8 Å². The third-order valence-electron chi connectivity index (χ3n) is 4.06. The quantitative estimate of drug-likeness (QED) is 0.719. The predicted molar refractivity (Wildman–Crippen MR) is 86.4 cm³/mol. The summed E-state index contributed by atoms with van der Waals surface area (Å²) in [5.74, 6) is 0.848. The molecule has 6 nitrogen and oxygen atoms in total. The lowest BCUT2D eigenvalue weighted by molar-refractivity contribution is 0.139. The Bertz CT molecular complexity index is 397. The van der Waals surface area contributed by atoms with E-state index in [0.29, 0.717) is 0 Å². The number of likely N-dealkylation sites (N-methyl/N-ethyl adjacent to an activating group) is 1. The second-order valence-electron chi connectivity index (χ2n) is 5.89. The molecule has 2 N–H and O–H groups in total. The molecule has 0 radical (unpaired) electrons. The topological polar surface area (TPSA) is 56.3 Å². The Labute approximate surface area is 127 Å². The molecule has 0 atom stereocenters. The summed E-state index contributed by atoms with van der Waals surface area (Å²) in [6, 6.07) is 0.728. The Balaban J connectivity index is 1.76. The number of hydrogen-bond donors (Lipinski definition) is 2. The van der Waals surface area contributed by atoms with E-state index < -0.39 is 0 Å². The zero-order valence-corrected chi connectivity index (χ0v) is 13.5. The molecule has 21 heavy (non-hydrogen) atoms. The van der Waals surface area contributed by atoms with Crippen molar-refractivity contribution in [3.8, 4) is 0 Å². The van der Waals surface area contributed by atoms with Crippen molar-refractivity contribution < 1.29 is 0 Å². The van der Waals surface area contributed by atoms with Crippen LogP contribution in [0, 0.1) is 0 Å². The van der Waals surface area contributed by atoms with Crippen LogP contribution in [-0.2, 0) is 6.54 Å². The molecule has 0 aliphatic carbocycles. The number of hydrogen-bond acceptors (Lipinski definition) is 6. The van der Waals surface area contributed by atoms with Crippen LogP contribution in [0.3, 0.4) is 0 Å². The van der Waals surface area contributed by atoms with Gasteiger partial charge in [0.05, 0.1) is 18.1 Å². The number of piperidine rings is 1. The summed E-state index contributed by atoms with van der Waals surface area (Å²) in [6.45, 7) is 4.98. The van der Waals surface area contributed by atoms with Gasteiger partial charge in [0.15, 0.2) is 0 Å². The molecule has 2 heterocycles. The monoisotopic (exact) mass is 292 g/mol. The average molecular weight is 292 g/mol. The summed E-state index contributed by atoms with van der Waals surface area (Å²) in [7, 11) is 6.28. The molecule has 6 heteroatoms. The molecule has 1 aromatic rings. The third kappa shape index (κ3) is 5.22. The van der Waals surface area contributed by atoms with E-state index in [4.69, 9.17) is 0 Å². The SMILES string of the molecule is CNCCNc1cnc(CN2CCC(N(C)C)CC2)cn1. The van der Waals surface area contributed by atoms with Gasteiger partial charge in [-0.1, -0.05) is 0 Å². The fourth-order valence-corrected chi connectivity index (χ4v) is 2.67. The fourth-order valence-electron chi connectivity index (χ4n) is 2.67. The van der Waals surface area contributed by atoms with Gasteiger partial charge >= 0.3 is 0 Å². The van der Waals surface area contributed by atoms with Crippen LogP contribution < -0.4 is 10.6 Å². The lowest BCUT2D eigenvalue weighted by Crippen LogP contribution is -2.41. The predicted octanol–water partition coefficient (Wildman–Crippen LogP) is 0.634. The summed E-state index contributed by atoms with van der Waals surface area (Å²) < 4.78 is 0. The van der Waals surface area contributed by atoms with Crippen molar-refractivity contribution in [2.24, 2.45) is 0 Å². The van der Waals surface area contributed by atoms with Gasteiger partial charge < -0.3 is 15.5 Å². The van der Waals surface area contributed by atoms with Gasteiger partial charge in [0, 0.05) is 38.8 Å². The van der Waals surface area contributed by atoms with Crippen LogP contribution in [0.15, 0.2) is 12.4 Å². The minimum Gasteiger partial charge on any atom is -0.368 e. The smallest absolute Gasteiger partial charge is 0.144 e. The molecule has 0 unspecified atom stereocenters. The van der Waals surface area contributed by atoms with Gasteiger partial charge in [-0.2, -0.15) is 0 Å². The number of nitrogens with one attached hydrogen (secondary N) is 2. The highest BCUT2D eigenvalue weighted by molar-refractivity contribution is 5.30. The van der Waals surface area contributed by atoms with Gasteiger partial charge in [0.25, 0.3) is 0 Å². The average Bonchev–Trinajstić information content (AvgIpc) is 2.50. The van der Waals surface area contributed by atoms with Crippen LogP contribution in [0.5, 0.6) is 0 Å². The summed E-state index contributed by atoms with van der Waals surface area (Å²) in [5, 5.41) is 6.33. The van der Waals surface area contributed by atoms with Crippen molar-refractivity contribution in [2.45, 2.75) is 25.4 Å². The molecule has 0 saturated carbocycles. The first-order valence-electron chi connectivity index (χ1n) is 7.77. The Morgan fingerprint density at radius 3 is 2.52 bits per heavy atom. The van der Waals surface area contributed by atoms with Crippen molar-refractivity contribution >= 4 is 5.82 Å². The van der Waals surface area contributed by atoms with Crippen LogP contribution in [0.4, 0.5) is 5.82 Å². The zero-order chi connectivity index (χ0) is 15.1. The largest absolute Gasteiger partial charge is 0.368 e. The summed E-state index contributed by atoms with van der Waals surface area (Å²) in [6.07, 6.45) is 6.20. The molecular formula is C15H28N6. The first-order valence-corrected chi connectivity index (χ1v) is 7.77. The number of likely N-dealkylation sites (tertiary alicyclic amines) is 1. The highest BCUT2D eigenvalue weighted by atomic mass is 15.2. The molecule has 1 aliphatic heterocycles. The van der Waals surface area contributed by atoms with E-state index in [9.17, 15) is 0 Å². The van der Waals surface area contributed by atoms with E-state index in [0.717, 1.165) is 50.3 Å². The maximum absolute atomic E-state index is 4.51. The van der Waals surface area contributed by atoms with Gasteiger partial charge in [0.1, 0.15) is 5.82 Å². The molecule has 0 aromatic carbocycles. The van der Waals surface area contributed by atoms with Crippen molar-refractivity contribution in [1.29, 1.82) is 0 Å². The van der Waals surface area contributed by atoms with Crippen LogP contribution in [0.1, 0.15) is 18.5 Å². The Morgan fingerprint density at radius 1 is 1.19 bits per heavy atom. The van der Waals surface area contributed by atoms with Crippen LogP contribution in [-0.4, -0.2) is 73.1 Å². The standard InChI is InChI=1S/C15H28N6/c1-16-6-7-17-15-11-18-13(10-19-15)12-21-8-4-14(5-9-21)20(2)3/h10-11,14,16H,4-9,12H2,1-3H3,(H,17,19). The summed E-state index contributed by atoms with van der Waals surface area (Å²) >= 11 is 0. The normalized spacial score (nSPS) is 17.3. The Hall–Kier alpha value is -1.24. The molecule has 0 spiro atoms. The molecule has 2 rings (SSSR count). The first kappa shape index (κ1) is 16.1. The number of nitrogens with zero attached hydrogens (tertiary/aromatic N) is 4. The molecule has 0 bridgehead atoms. The first-order chi connectivity index (χ1) is 10.2. The second kappa shape index (κ2) is 8.26. The van der Waals surface area contributed by atoms with Gasteiger partial charge in [-0.25, -0.2) is 4.98 Å². The lowest BCUT2D eigenvalue weighted by Gasteiger charge is -2.34. The van der Waals surface area contributed by atoms with E-state index >= 15 is 0 Å². The number of aromatic nitrogens is 2. The van der Waals surface area contributed by atoms with Crippen LogP contribution in [0.2, 0.25) is 0 Å². The lowest BCUT2D eigenvalue weighted by atomic mass is 10.0. The molecular weight excluding hydrogens is 264 g/mol. The number of rotatable bonds is 7. The van der Waals surface area contributed by atoms with Crippen molar-refractivity contribution in [1.82, 2.24) is 25.1 Å². The van der Waals surface area contributed by atoms with Crippen LogP contribution in [0.25, 0.3) is 0 Å². The van der Waals surface area contributed by atoms with Crippen LogP contribution >= 0.6 is 0 Å². The van der Waals surface area contributed by atoms with Crippen molar-refractivity contribution in [3.05, 3.63) is 18.1 Å². The highest BCUT2D eigenvalue weighted by Gasteiger charge is 2.20.